The molecule has 2 amide bonds. The van der Waals surface area contributed by atoms with Crippen LogP contribution >= 0.6 is 0 Å². The smallest absolute Gasteiger partial charge is 0.251 e. The van der Waals surface area contributed by atoms with E-state index < -0.39 is 31.3 Å². The third-order valence-electron chi connectivity index (χ3n) is 3.55. The first-order valence-electron chi connectivity index (χ1n) is 6.61. The van der Waals surface area contributed by atoms with E-state index in [1.165, 1.54) is 6.07 Å². The van der Waals surface area contributed by atoms with Gasteiger partial charge < -0.3 is 26.0 Å². The molecule has 7 nitrogen and oxygen atoms in total. The number of amides is 2. The second-order valence-electron chi connectivity index (χ2n) is 5.13. The fraction of sp³-hybridized carbons (Fsp3) is 0.429. The summed E-state index contributed by atoms with van der Waals surface area (Å²) in [6.07, 6.45) is 0.916. The molecule has 0 fully saturated rings. The lowest BCUT2D eigenvalue weighted by molar-refractivity contribution is -0.116. The molecule has 1 aliphatic rings. The van der Waals surface area contributed by atoms with Gasteiger partial charge in [0.1, 0.15) is 5.54 Å². The number of benzene rings is 1. The first-order valence-corrected chi connectivity index (χ1v) is 6.61. The van der Waals surface area contributed by atoms with E-state index in [2.05, 4.69) is 10.6 Å². The van der Waals surface area contributed by atoms with Gasteiger partial charge in [0.15, 0.2) is 0 Å². The summed E-state index contributed by atoms with van der Waals surface area (Å²) in [5.74, 6) is -0.564. The number of nitrogens with one attached hydrogen (secondary N) is 2. The highest BCUT2D eigenvalue weighted by molar-refractivity contribution is 5.98. The SMILES string of the molecule is O=C1CCc2cc(C(=O)NC(CO)(CO)CO)ccc2N1. The van der Waals surface area contributed by atoms with Gasteiger partial charge in [0.05, 0.1) is 19.8 Å². The number of anilines is 1. The van der Waals surface area contributed by atoms with Crippen LogP contribution in [0, 0.1) is 0 Å². The third kappa shape index (κ3) is 3.21. The molecular formula is C14H18N2O5. The van der Waals surface area contributed by atoms with Crippen molar-refractivity contribution in [1.82, 2.24) is 5.32 Å². The van der Waals surface area contributed by atoms with E-state index >= 15 is 0 Å². The first-order chi connectivity index (χ1) is 10.0. The number of rotatable bonds is 5. The molecule has 0 spiro atoms. The summed E-state index contributed by atoms with van der Waals surface area (Å²) >= 11 is 0. The van der Waals surface area contributed by atoms with Crippen LogP contribution in [0.25, 0.3) is 0 Å². The molecule has 5 N–H and O–H groups in total. The number of fused-ring (bicyclic) bond motifs is 1. The van der Waals surface area contributed by atoms with Gasteiger partial charge in [-0.3, -0.25) is 9.59 Å². The fourth-order valence-electron chi connectivity index (χ4n) is 2.11. The Bertz CT molecular complexity index is 546. The van der Waals surface area contributed by atoms with Gasteiger partial charge in [0.2, 0.25) is 5.91 Å². The van der Waals surface area contributed by atoms with E-state index in [4.69, 9.17) is 0 Å². The van der Waals surface area contributed by atoms with Crippen molar-refractivity contribution in [3.63, 3.8) is 0 Å². The molecule has 0 atom stereocenters. The van der Waals surface area contributed by atoms with Crippen molar-refractivity contribution >= 4 is 17.5 Å². The van der Waals surface area contributed by atoms with Crippen LogP contribution < -0.4 is 10.6 Å². The topological polar surface area (TPSA) is 119 Å². The summed E-state index contributed by atoms with van der Waals surface area (Å²) in [7, 11) is 0. The monoisotopic (exact) mass is 294 g/mol. The maximum absolute atomic E-state index is 12.2. The van der Waals surface area contributed by atoms with Crippen molar-refractivity contribution in [2.45, 2.75) is 18.4 Å². The molecule has 114 valence electrons. The molecule has 21 heavy (non-hydrogen) atoms. The molecule has 2 rings (SSSR count). The van der Waals surface area contributed by atoms with E-state index in [0.29, 0.717) is 24.1 Å². The van der Waals surface area contributed by atoms with Crippen LogP contribution in [-0.2, 0) is 11.2 Å². The molecule has 1 aromatic carbocycles. The van der Waals surface area contributed by atoms with E-state index in [9.17, 15) is 24.9 Å². The van der Waals surface area contributed by atoms with E-state index in [1.807, 2.05) is 0 Å². The second-order valence-corrected chi connectivity index (χ2v) is 5.13. The van der Waals surface area contributed by atoms with Gasteiger partial charge in [-0.2, -0.15) is 0 Å². The standard InChI is InChI=1S/C14H18N2O5/c17-6-14(7-18,8-19)16-13(21)10-1-3-11-9(5-10)2-4-12(20)15-11/h1,3,5,17-19H,2,4,6-8H2,(H,15,20)(H,16,21). The molecular weight excluding hydrogens is 276 g/mol. The lowest BCUT2D eigenvalue weighted by Gasteiger charge is -2.29. The van der Waals surface area contributed by atoms with Crippen molar-refractivity contribution in [2.24, 2.45) is 0 Å². The number of hydrogen-bond donors (Lipinski definition) is 5. The summed E-state index contributed by atoms with van der Waals surface area (Å²) in [6.45, 7) is -1.73. The van der Waals surface area contributed by atoms with Gasteiger partial charge in [-0.15, -0.1) is 0 Å². The van der Waals surface area contributed by atoms with Gasteiger partial charge in [-0.05, 0) is 30.2 Å². The van der Waals surface area contributed by atoms with Gasteiger partial charge in [0, 0.05) is 17.7 Å². The predicted molar refractivity (Wildman–Crippen MR) is 74.8 cm³/mol. The second kappa shape index (κ2) is 6.21. The summed E-state index contributed by atoms with van der Waals surface area (Å²) in [5.41, 5.74) is 0.413. The van der Waals surface area contributed by atoms with Crippen LogP contribution in [0.4, 0.5) is 5.69 Å². The molecule has 1 aliphatic heterocycles. The van der Waals surface area contributed by atoms with Gasteiger partial charge >= 0.3 is 0 Å². The molecule has 0 bridgehead atoms. The summed E-state index contributed by atoms with van der Waals surface area (Å²) in [4.78, 5) is 23.4. The number of aryl methyl sites for hydroxylation is 1. The Kier molecular flexibility index (Phi) is 4.56. The Morgan fingerprint density at radius 1 is 1.19 bits per heavy atom. The van der Waals surface area contributed by atoms with Crippen molar-refractivity contribution in [1.29, 1.82) is 0 Å². The molecule has 1 aromatic rings. The van der Waals surface area contributed by atoms with E-state index in [1.54, 1.807) is 12.1 Å². The molecule has 0 radical (unpaired) electrons. The Hall–Kier alpha value is -1.96. The predicted octanol–water partition coefficient (Wildman–Crippen LogP) is -0.983. The summed E-state index contributed by atoms with van der Waals surface area (Å²) in [5, 5.41) is 32.8. The van der Waals surface area contributed by atoms with Crippen LogP contribution in [-0.4, -0.2) is 52.5 Å². The molecule has 0 saturated heterocycles. The quantitative estimate of drug-likeness (QED) is 0.478. The highest BCUT2D eigenvalue weighted by Gasteiger charge is 2.30. The summed E-state index contributed by atoms with van der Waals surface area (Å²) in [6, 6.07) is 4.83. The minimum atomic E-state index is -1.46. The Morgan fingerprint density at radius 3 is 2.48 bits per heavy atom. The minimum Gasteiger partial charge on any atom is -0.394 e. The number of carbonyl (C=O) groups excluding carboxylic acids is 2. The maximum atomic E-state index is 12.2. The van der Waals surface area contributed by atoms with Gasteiger partial charge in [-0.1, -0.05) is 0 Å². The Balaban J connectivity index is 2.19. The number of aliphatic hydroxyl groups is 3. The average molecular weight is 294 g/mol. The van der Waals surface area contributed by atoms with Gasteiger partial charge in [-0.25, -0.2) is 0 Å². The molecule has 0 unspecified atom stereocenters. The fourth-order valence-corrected chi connectivity index (χ4v) is 2.11. The van der Waals surface area contributed by atoms with Crippen molar-refractivity contribution in [3.8, 4) is 0 Å². The number of carbonyl (C=O) groups is 2. The molecule has 1 heterocycles. The minimum absolute atomic E-state index is 0.0560. The van der Waals surface area contributed by atoms with Crippen LogP contribution in [0.15, 0.2) is 18.2 Å². The zero-order valence-electron chi connectivity index (χ0n) is 11.4. The van der Waals surface area contributed by atoms with Crippen molar-refractivity contribution in [2.75, 3.05) is 25.1 Å². The van der Waals surface area contributed by atoms with Crippen molar-refractivity contribution < 1.29 is 24.9 Å². The van der Waals surface area contributed by atoms with E-state index in [0.717, 1.165) is 5.56 Å². The van der Waals surface area contributed by atoms with Crippen LogP contribution in [0.5, 0.6) is 0 Å². The van der Waals surface area contributed by atoms with Crippen LogP contribution in [0.3, 0.4) is 0 Å². The number of hydrogen-bond acceptors (Lipinski definition) is 5. The van der Waals surface area contributed by atoms with E-state index in [-0.39, 0.29) is 5.91 Å². The summed E-state index contributed by atoms with van der Waals surface area (Å²) < 4.78 is 0. The molecule has 7 heteroatoms. The Labute approximate surface area is 121 Å². The normalized spacial score (nSPS) is 14.3. The highest BCUT2D eigenvalue weighted by atomic mass is 16.3. The molecule has 0 saturated carbocycles. The maximum Gasteiger partial charge on any atom is 0.251 e. The lowest BCUT2D eigenvalue weighted by atomic mass is 9.98. The Morgan fingerprint density at radius 2 is 1.86 bits per heavy atom. The highest BCUT2D eigenvalue weighted by Crippen LogP contribution is 2.23. The van der Waals surface area contributed by atoms with Crippen LogP contribution in [0.1, 0.15) is 22.3 Å². The first kappa shape index (κ1) is 15.4. The number of aliphatic hydroxyl groups excluding tert-OH is 3. The molecule has 0 aliphatic carbocycles. The van der Waals surface area contributed by atoms with Crippen molar-refractivity contribution in [3.05, 3.63) is 29.3 Å². The average Bonchev–Trinajstić information content (AvgIpc) is 2.52. The van der Waals surface area contributed by atoms with Crippen LogP contribution in [0.2, 0.25) is 0 Å². The lowest BCUT2D eigenvalue weighted by Crippen LogP contribution is -2.57. The molecule has 0 aromatic heterocycles. The zero-order chi connectivity index (χ0) is 15.5. The largest absolute Gasteiger partial charge is 0.394 e. The zero-order valence-corrected chi connectivity index (χ0v) is 11.4. The third-order valence-corrected chi connectivity index (χ3v) is 3.55. The van der Waals surface area contributed by atoms with Gasteiger partial charge in [0.25, 0.3) is 5.91 Å².